The van der Waals surface area contributed by atoms with Crippen LogP contribution in [-0.4, -0.2) is 47.7 Å². The van der Waals surface area contributed by atoms with Crippen molar-refractivity contribution >= 4 is 17.7 Å². The molecule has 1 aromatic rings. The van der Waals surface area contributed by atoms with Crippen molar-refractivity contribution in [2.45, 2.75) is 39.7 Å². The molecule has 1 N–H and O–H groups in total. The van der Waals surface area contributed by atoms with Crippen LogP contribution in [-0.2, 0) is 14.3 Å². The maximum absolute atomic E-state index is 12.2. The molecule has 1 unspecified atom stereocenters. The zero-order valence-corrected chi connectivity index (χ0v) is 13.3. The number of hydrogen-bond donors (Lipinski definition) is 1. The molecule has 0 aromatic carbocycles. The third-order valence-electron chi connectivity index (χ3n) is 3.96. The van der Waals surface area contributed by atoms with Crippen LogP contribution in [0.5, 0.6) is 0 Å². The molecule has 7 heteroatoms. The standard InChI is InChI=1S/C15H23N3O4/c1-4-21-15(20)12-5-7-18(8-6-12)11(3)14(19)16-13-9-10(2)22-17-13/h9,11-12H,4-8H2,1-3H3,(H,16,17,19). The zero-order chi connectivity index (χ0) is 16.1. The Morgan fingerprint density at radius 2 is 2.18 bits per heavy atom. The molecule has 1 aliphatic heterocycles. The normalized spacial score (nSPS) is 18.0. The lowest BCUT2D eigenvalue weighted by Crippen LogP contribution is -2.47. The van der Waals surface area contributed by atoms with Gasteiger partial charge >= 0.3 is 5.97 Å². The van der Waals surface area contributed by atoms with E-state index in [9.17, 15) is 9.59 Å². The Balaban J connectivity index is 1.82. The fourth-order valence-electron chi connectivity index (χ4n) is 2.60. The lowest BCUT2D eigenvalue weighted by atomic mass is 9.96. The SMILES string of the molecule is CCOC(=O)C1CCN(C(C)C(=O)Nc2cc(C)on2)CC1. The number of piperidine rings is 1. The zero-order valence-electron chi connectivity index (χ0n) is 13.3. The molecule has 1 aromatic heterocycles. The van der Waals surface area contributed by atoms with Crippen LogP contribution in [0.3, 0.4) is 0 Å². The Labute approximate surface area is 130 Å². The van der Waals surface area contributed by atoms with Crippen LogP contribution >= 0.6 is 0 Å². The predicted octanol–water partition coefficient (Wildman–Crippen LogP) is 1.59. The molecular formula is C15H23N3O4. The monoisotopic (exact) mass is 309 g/mol. The Hall–Kier alpha value is -1.89. The van der Waals surface area contributed by atoms with E-state index >= 15 is 0 Å². The summed E-state index contributed by atoms with van der Waals surface area (Å²) in [5, 5.41) is 6.49. The number of hydrogen-bond acceptors (Lipinski definition) is 6. The van der Waals surface area contributed by atoms with Crippen molar-refractivity contribution in [1.82, 2.24) is 10.1 Å². The number of rotatable bonds is 5. The summed E-state index contributed by atoms with van der Waals surface area (Å²) in [6.45, 7) is 7.26. The van der Waals surface area contributed by atoms with E-state index in [1.165, 1.54) is 0 Å². The van der Waals surface area contributed by atoms with Crippen molar-refractivity contribution < 1.29 is 18.8 Å². The smallest absolute Gasteiger partial charge is 0.309 e. The van der Waals surface area contributed by atoms with Gasteiger partial charge in [-0.05, 0) is 46.7 Å². The molecule has 7 nitrogen and oxygen atoms in total. The highest BCUT2D eigenvalue weighted by molar-refractivity contribution is 5.93. The summed E-state index contributed by atoms with van der Waals surface area (Å²) in [7, 11) is 0. The number of aromatic nitrogens is 1. The molecule has 22 heavy (non-hydrogen) atoms. The van der Waals surface area contributed by atoms with Crippen molar-refractivity contribution in [1.29, 1.82) is 0 Å². The van der Waals surface area contributed by atoms with E-state index in [-0.39, 0.29) is 23.8 Å². The fraction of sp³-hybridized carbons (Fsp3) is 0.667. The Morgan fingerprint density at radius 3 is 2.73 bits per heavy atom. The molecule has 2 heterocycles. The second-order valence-electron chi connectivity index (χ2n) is 5.55. The van der Waals surface area contributed by atoms with Gasteiger partial charge in [-0.3, -0.25) is 14.5 Å². The lowest BCUT2D eigenvalue weighted by molar-refractivity contribution is -0.149. The van der Waals surface area contributed by atoms with Crippen LogP contribution in [0.25, 0.3) is 0 Å². The number of nitrogens with one attached hydrogen (secondary N) is 1. The topological polar surface area (TPSA) is 84.7 Å². The molecule has 0 saturated carbocycles. The third kappa shape index (κ3) is 4.07. The average molecular weight is 309 g/mol. The van der Waals surface area contributed by atoms with Crippen LogP contribution < -0.4 is 5.32 Å². The number of amides is 1. The van der Waals surface area contributed by atoms with Crippen LogP contribution in [0.15, 0.2) is 10.6 Å². The quantitative estimate of drug-likeness (QED) is 0.831. The first-order chi connectivity index (χ1) is 10.5. The van der Waals surface area contributed by atoms with Gasteiger partial charge in [-0.2, -0.15) is 0 Å². The maximum Gasteiger partial charge on any atom is 0.309 e. The number of carbonyl (C=O) groups is 2. The first-order valence-electron chi connectivity index (χ1n) is 7.66. The highest BCUT2D eigenvalue weighted by atomic mass is 16.5. The van der Waals surface area contributed by atoms with Gasteiger partial charge in [0.1, 0.15) is 5.76 Å². The van der Waals surface area contributed by atoms with Gasteiger partial charge in [0.05, 0.1) is 18.6 Å². The number of anilines is 1. The molecule has 1 saturated heterocycles. The van der Waals surface area contributed by atoms with Gasteiger partial charge in [0.25, 0.3) is 0 Å². The molecule has 0 spiro atoms. The van der Waals surface area contributed by atoms with E-state index in [1.807, 2.05) is 13.8 Å². The van der Waals surface area contributed by atoms with E-state index in [2.05, 4.69) is 15.4 Å². The van der Waals surface area contributed by atoms with Crippen LogP contribution in [0.2, 0.25) is 0 Å². The summed E-state index contributed by atoms with van der Waals surface area (Å²) in [5.41, 5.74) is 0. The van der Waals surface area contributed by atoms with Crippen molar-refractivity contribution in [3.63, 3.8) is 0 Å². The minimum Gasteiger partial charge on any atom is -0.466 e. The molecule has 2 rings (SSSR count). The highest BCUT2D eigenvalue weighted by Gasteiger charge is 2.30. The van der Waals surface area contributed by atoms with E-state index < -0.39 is 0 Å². The summed E-state index contributed by atoms with van der Waals surface area (Å²) >= 11 is 0. The Bertz CT molecular complexity index is 521. The van der Waals surface area contributed by atoms with Crippen molar-refractivity contribution in [2.75, 3.05) is 25.0 Å². The van der Waals surface area contributed by atoms with E-state index in [4.69, 9.17) is 9.26 Å². The van der Waals surface area contributed by atoms with Gasteiger partial charge in [-0.1, -0.05) is 5.16 Å². The molecule has 1 atom stereocenters. The molecule has 1 amide bonds. The van der Waals surface area contributed by atoms with Crippen molar-refractivity contribution in [3.05, 3.63) is 11.8 Å². The minimum atomic E-state index is -0.278. The third-order valence-corrected chi connectivity index (χ3v) is 3.96. The van der Waals surface area contributed by atoms with E-state index in [0.717, 1.165) is 12.8 Å². The number of ether oxygens (including phenoxy) is 1. The van der Waals surface area contributed by atoms with Crippen molar-refractivity contribution in [2.24, 2.45) is 5.92 Å². The van der Waals surface area contributed by atoms with Crippen LogP contribution in [0, 0.1) is 12.8 Å². The molecule has 122 valence electrons. The van der Waals surface area contributed by atoms with Gasteiger partial charge in [0.15, 0.2) is 5.82 Å². The number of aryl methyl sites for hydroxylation is 1. The molecule has 0 bridgehead atoms. The van der Waals surface area contributed by atoms with Crippen LogP contribution in [0.4, 0.5) is 5.82 Å². The minimum absolute atomic E-state index is 0.0512. The molecule has 0 radical (unpaired) electrons. The number of nitrogens with zero attached hydrogens (tertiary/aromatic N) is 2. The van der Waals surface area contributed by atoms with Gasteiger partial charge in [0.2, 0.25) is 5.91 Å². The number of carbonyl (C=O) groups excluding carboxylic acids is 2. The summed E-state index contributed by atoms with van der Waals surface area (Å²) in [5.74, 6) is 0.777. The summed E-state index contributed by atoms with van der Waals surface area (Å²) in [6.07, 6.45) is 1.44. The summed E-state index contributed by atoms with van der Waals surface area (Å²) in [4.78, 5) is 26.0. The highest BCUT2D eigenvalue weighted by Crippen LogP contribution is 2.21. The first-order valence-corrected chi connectivity index (χ1v) is 7.66. The summed E-state index contributed by atoms with van der Waals surface area (Å²) in [6, 6.07) is 1.40. The van der Waals surface area contributed by atoms with Crippen molar-refractivity contribution in [3.8, 4) is 0 Å². The van der Waals surface area contributed by atoms with Gasteiger partial charge in [-0.15, -0.1) is 0 Å². The molecule has 1 aliphatic rings. The fourth-order valence-corrected chi connectivity index (χ4v) is 2.60. The number of likely N-dealkylation sites (tertiary alicyclic amines) is 1. The second kappa shape index (κ2) is 7.40. The van der Waals surface area contributed by atoms with Gasteiger partial charge < -0.3 is 14.6 Å². The Morgan fingerprint density at radius 1 is 1.50 bits per heavy atom. The van der Waals surface area contributed by atoms with Gasteiger partial charge in [0, 0.05) is 6.07 Å². The van der Waals surface area contributed by atoms with Crippen LogP contribution in [0.1, 0.15) is 32.4 Å². The predicted molar refractivity (Wildman–Crippen MR) is 80.3 cm³/mol. The van der Waals surface area contributed by atoms with E-state index in [0.29, 0.717) is 31.3 Å². The summed E-state index contributed by atoms with van der Waals surface area (Å²) < 4.78 is 9.97. The second-order valence-corrected chi connectivity index (χ2v) is 5.55. The lowest BCUT2D eigenvalue weighted by Gasteiger charge is -2.34. The number of esters is 1. The Kier molecular flexibility index (Phi) is 5.54. The maximum atomic E-state index is 12.2. The van der Waals surface area contributed by atoms with E-state index in [1.54, 1.807) is 13.0 Å². The average Bonchev–Trinajstić information content (AvgIpc) is 2.92. The molecule has 1 fully saturated rings. The first kappa shape index (κ1) is 16.5. The molecular weight excluding hydrogens is 286 g/mol. The largest absolute Gasteiger partial charge is 0.466 e. The molecule has 0 aliphatic carbocycles. The van der Waals surface area contributed by atoms with Gasteiger partial charge in [-0.25, -0.2) is 0 Å².